The molecule has 0 amide bonds. The van der Waals surface area contributed by atoms with Gasteiger partial charge in [0.1, 0.15) is 5.75 Å². The molecule has 1 atom stereocenters. The second-order valence-electron chi connectivity index (χ2n) is 5.98. The fraction of sp³-hybridized carbons (Fsp3) is 0.278. The van der Waals surface area contributed by atoms with Gasteiger partial charge in [0, 0.05) is 18.2 Å². The Kier molecular flexibility index (Phi) is 2.66. The van der Waals surface area contributed by atoms with Crippen molar-refractivity contribution in [2.75, 3.05) is 13.6 Å². The third-order valence-electron chi connectivity index (χ3n) is 4.90. The molecule has 2 aliphatic rings. The van der Waals surface area contributed by atoms with Gasteiger partial charge in [-0.05, 0) is 48.2 Å². The number of rotatable bonds is 1. The normalized spacial score (nSPS) is 19.8. The average molecular weight is 279 g/mol. The summed E-state index contributed by atoms with van der Waals surface area (Å²) in [6, 6.07) is 10.4. The van der Waals surface area contributed by atoms with Gasteiger partial charge in [0.15, 0.2) is 6.29 Å². The minimum Gasteiger partial charge on any atom is -0.507 e. The lowest BCUT2D eigenvalue weighted by atomic mass is 9.76. The monoisotopic (exact) mass is 279 g/mol. The highest BCUT2D eigenvalue weighted by Gasteiger charge is 2.33. The Labute approximate surface area is 123 Å². The highest BCUT2D eigenvalue weighted by molar-refractivity contribution is 5.89. The topological polar surface area (TPSA) is 40.5 Å². The van der Waals surface area contributed by atoms with Crippen LogP contribution in [0.4, 0.5) is 0 Å². The molecule has 2 aromatic rings. The summed E-state index contributed by atoms with van der Waals surface area (Å²) in [4.78, 5) is 13.5. The van der Waals surface area contributed by atoms with Crippen molar-refractivity contribution in [2.24, 2.45) is 0 Å². The van der Waals surface area contributed by atoms with Gasteiger partial charge in [-0.15, -0.1) is 0 Å². The number of phenols is 1. The summed E-state index contributed by atoms with van der Waals surface area (Å²) in [6.07, 6.45) is 2.66. The molecule has 0 fully saturated rings. The molecule has 1 N–H and O–H groups in total. The van der Waals surface area contributed by atoms with E-state index in [1.807, 2.05) is 6.07 Å². The largest absolute Gasteiger partial charge is 0.507 e. The van der Waals surface area contributed by atoms with Crippen LogP contribution in [0.3, 0.4) is 0 Å². The zero-order chi connectivity index (χ0) is 14.6. The summed E-state index contributed by atoms with van der Waals surface area (Å²) in [5, 5.41) is 10.5. The summed E-state index contributed by atoms with van der Waals surface area (Å²) in [7, 11) is 2.16. The number of hydrogen-bond acceptors (Lipinski definition) is 3. The summed E-state index contributed by atoms with van der Waals surface area (Å²) in [6.45, 7) is 1.06. The highest BCUT2D eigenvalue weighted by atomic mass is 16.3. The van der Waals surface area contributed by atoms with Gasteiger partial charge >= 0.3 is 0 Å². The van der Waals surface area contributed by atoms with E-state index < -0.39 is 0 Å². The Hall–Kier alpha value is -2.13. The van der Waals surface area contributed by atoms with E-state index in [0.717, 1.165) is 42.4 Å². The fourth-order valence-corrected chi connectivity index (χ4v) is 3.80. The number of aromatic hydroxyl groups is 1. The number of carbonyl (C=O) groups is 1. The Bertz CT molecular complexity index is 751. The predicted molar refractivity (Wildman–Crippen MR) is 81.7 cm³/mol. The van der Waals surface area contributed by atoms with Gasteiger partial charge in [-0.2, -0.15) is 0 Å². The first-order valence-corrected chi connectivity index (χ1v) is 7.33. The number of aldehydes is 1. The van der Waals surface area contributed by atoms with Crippen LogP contribution in [0.2, 0.25) is 0 Å². The Morgan fingerprint density at radius 1 is 1.24 bits per heavy atom. The molecule has 0 aromatic heterocycles. The molecule has 0 radical (unpaired) electrons. The maximum atomic E-state index is 11.1. The van der Waals surface area contributed by atoms with Gasteiger partial charge in [-0.1, -0.05) is 24.3 Å². The molecule has 2 aromatic carbocycles. The lowest BCUT2D eigenvalue weighted by Crippen LogP contribution is -2.35. The first kappa shape index (κ1) is 12.6. The van der Waals surface area contributed by atoms with Gasteiger partial charge in [-0.25, -0.2) is 0 Å². The molecule has 0 bridgehead atoms. The van der Waals surface area contributed by atoms with Crippen LogP contribution in [0.5, 0.6) is 5.75 Å². The third kappa shape index (κ3) is 1.67. The number of carbonyl (C=O) groups excluding carboxylic acids is 1. The van der Waals surface area contributed by atoms with Crippen molar-refractivity contribution in [1.29, 1.82) is 0 Å². The van der Waals surface area contributed by atoms with Crippen molar-refractivity contribution in [3.8, 4) is 16.9 Å². The quantitative estimate of drug-likeness (QED) is 0.816. The molecule has 4 rings (SSSR count). The van der Waals surface area contributed by atoms with Crippen molar-refractivity contribution in [3.63, 3.8) is 0 Å². The second kappa shape index (κ2) is 4.43. The number of likely N-dealkylation sites (N-methyl/N-ethyl adjacent to an activating group) is 1. The van der Waals surface area contributed by atoms with E-state index in [2.05, 4.69) is 30.1 Å². The Morgan fingerprint density at radius 2 is 2.10 bits per heavy atom. The van der Waals surface area contributed by atoms with E-state index in [-0.39, 0.29) is 5.75 Å². The van der Waals surface area contributed by atoms with Gasteiger partial charge in [0.2, 0.25) is 0 Å². The minimum atomic E-state index is 0.127. The lowest BCUT2D eigenvalue weighted by Gasteiger charge is -2.39. The summed E-state index contributed by atoms with van der Waals surface area (Å²) in [5.41, 5.74) is 6.14. The first-order valence-electron chi connectivity index (χ1n) is 7.33. The molecular weight excluding hydrogens is 262 g/mol. The summed E-state index contributed by atoms with van der Waals surface area (Å²) in [5.74, 6) is 0.127. The second-order valence-corrected chi connectivity index (χ2v) is 5.98. The van der Waals surface area contributed by atoms with Crippen molar-refractivity contribution in [1.82, 2.24) is 4.90 Å². The maximum absolute atomic E-state index is 11.1. The van der Waals surface area contributed by atoms with Crippen LogP contribution in [0.15, 0.2) is 30.3 Å². The van der Waals surface area contributed by atoms with Gasteiger partial charge < -0.3 is 5.11 Å². The molecule has 0 saturated heterocycles. The molecule has 0 spiro atoms. The van der Waals surface area contributed by atoms with Crippen LogP contribution in [0.1, 0.15) is 33.1 Å². The van der Waals surface area contributed by atoms with E-state index in [1.165, 1.54) is 11.1 Å². The zero-order valence-electron chi connectivity index (χ0n) is 12.0. The van der Waals surface area contributed by atoms with Crippen LogP contribution >= 0.6 is 0 Å². The van der Waals surface area contributed by atoms with E-state index in [1.54, 1.807) is 6.07 Å². The maximum Gasteiger partial charge on any atom is 0.153 e. The van der Waals surface area contributed by atoms with E-state index >= 15 is 0 Å². The lowest BCUT2D eigenvalue weighted by molar-refractivity contribution is 0.112. The van der Waals surface area contributed by atoms with Crippen molar-refractivity contribution < 1.29 is 9.90 Å². The van der Waals surface area contributed by atoms with Crippen LogP contribution < -0.4 is 0 Å². The minimum absolute atomic E-state index is 0.127. The van der Waals surface area contributed by atoms with E-state index in [0.29, 0.717) is 11.6 Å². The molecule has 0 saturated carbocycles. The zero-order valence-corrected chi connectivity index (χ0v) is 12.0. The molecule has 1 aliphatic heterocycles. The molecule has 1 unspecified atom stereocenters. The number of benzene rings is 2. The summed E-state index contributed by atoms with van der Waals surface area (Å²) >= 11 is 0. The van der Waals surface area contributed by atoms with Crippen LogP contribution in [0.25, 0.3) is 11.1 Å². The molecule has 1 aliphatic carbocycles. The molecule has 106 valence electrons. The van der Waals surface area contributed by atoms with Crippen LogP contribution in [-0.4, -0.2) is 29.9 Å². The Morgan fingerprint density at radius 3 is 2.90 bits per heavy atom. The molecule has 1 heterocycles. The molecule has 21 heavy (non-hydrogen) atoms. The van der Waals surface area contributed by atoms with Crippen LogP contribution in [0, 0.1) is 0 Å². The van der Waals surface area contributed by atoms with Gasteiger partial charge in [0.25, 0.3) is 0 Å². The number of hydrogen-bond donors (Lipinski definition) is 1. The Balaban J connectivity index is 2.04. The van der Waals surface area contributed by atoms with Gasteiger partial charge in [-0.3, -0.25) is 9.69 Å². The van der Waals surface area contributed by atoms with E-state index in [9.17, 15) is 9.90 Å². The standard InChI is InChI=1S/C18H17NO2/c1-19-8-7-11-3-2-4-14-16(11)15(19)9-12-5-6-13(10-20)18(21)17(12)14/h2-6,10,15,21H,7-9H2,1H3. The van der Waals surface area contributed by atoms with Crippen molar-refractivity contribution in [2.45, 2.75) is 18.9 Å². The number of fused-ring (bicyclic) bond motifs is 2. The van der Waals surface area contributed by atoms with Crippen molar-refractivity contribution >= 4 is 6.29 Å². The number of phenolic OH excluding ortho intramolecular Hbond substituents is 1. The third-order valence-corrected chi connectivity index (χ3v) is 4.90. The molecule has 3 nitrogen and oxygen atoms in total. The fourth-order valence-electron chi connectivity index (χ4n) is 3.80. The highest BCUT2D eigenvalue weighted by Crippen LogP contribution is 2.48. The molecular formula is C18H17NO2. The van der Waals surface area contributed by atoms with Crippen LogP contribution in [-0.2, 0) is 12.8 Å². The predicted octanol–water partition coefficient (Wildman–Crippen LogP) is 2.96. The van der Waals surface area contributed by atoms with Gasteiger partial charge in [0.05, 0.1) is 5.56 Å². The van der Waals surface area contributed by atoms with E-state index in [4.69, 9.17) is 0 Å². The molecule has 3 heteroatoms. The SMILES string of the molecule is CN1CCc2cccc3c2C1Cc1ccc(C=O)c(O)c1-3. The average Bonchev–Trinajstić information content (AvgIpc) is 2.51. The van der Waals surface area contributed by atoms with Crippen molar-refractivity contribution in [3.05, 3.63) is 52.6 Å². The summed E-state index contributed by atoms with van der Waals surface area (Å²) < 4.78 is 0. The number of nitrogens with zero attached hydrogens (tertiary/aromatic N) is 1. The smallest absolute Gasteiger partial charge is 0.153 e. The first-order chi connectivity index (χ1) is 10.2.